The van der Waals surface area contributed by atoms with Gasteiger partial charge in [0.05, 0.1) is 24.7 Å². The first kappa shape index (κ1) is 18.1. The minimum Gasteiger partial charge on any atom is -0.394 e. The molecule has 134 valence electrons. The fourth-order valence-electron chi connectivity index (χ4n) is 2.72. The molecule has 0 amide bonds. The van der Waals surface area contributed by atoms with Crippen LogP contribution in [-0.2, 0) is 4.74 Å². The van der Waals surface area contributed by atoms with Crippen LogP contribution in [0.25, 0.3) is 0 Å². The van der Waals surface area contributed by atoms with Crippen molar-refractivity contribution in [2.24, 2.45) is 5.92 Å². The van der Waals surface area contributed by atoms with Crippen molar-refractivity contribution in [2.45, 2.75) is 19.8 Å². The number of nitrogens with zero attached hydrogens (tertiary/aromatic N) is 4. The van der Waals surface area contributed by atoms with Crippen molar-refractivity contribution in [2.75, 3.05) is 55.4 Å². The molecule has 0 aliphatic carbocycles. The Morgan fingerprint density at radius 1 is 1.50 bits per heavy atom. The van der Waals surface area contributed by atoms with Gasteiger partial charge in [-0.25, -0.2) is 0 Å². The molecule has 0 aromatic carbocycles. The van der Waals surface area contributed by atoms with Gasteiger partial charge in [-0.2, -0.15) is 9.97 Å². The Bertz CT molecular complexity index is 570. The highest BCUT2D eigenvalue weighted by Crippen LogP contribution is 2.34. The second-order valence-corrected chi connectivity index (χ2v) is 5.82. The van der Waals surface area contributed by atoms with E-state index in [-0.39, 0.29) is 36.5 Å². The van der Waals surface area contributed by atoms with Gasteiger partial charge < -0.3 is 25.8 Å². The third-order valence-electron chi connectivity index (χ3n) is 3.80. The summed E-state index contributed by atoms with van der Waals surface area (Å²) < 4.78 is 5.14. The fraction of sp³-hybridized carbons (Fsp3) is 0.714. The first-order chi connectivity index (χ1) is 11.5. The zero-order chi connectivity index (χ0) is 17.5. The first-order valence-electron chi connectivity index (χ1n) is 8.02. The van der Waals surface area contributed by atoms with E-state index in [4.69, 9.17) is 15.6 Å². The molecule has 1 atom stereocenters. The number of aromatic nitrogens is 2. The topological polar surface area (TPSA) is 140 Å². The molecular formula is C14H24N6O4. The number of hydrogen-bond acceptors (Lipinski definition) is 9. The zero-order valence-electron chi connectivity index (χ0n) is 13.8. The summed E-state index contributed by atoms with van der Waals surface area (Å²) in [4.78, 5) is 21.0. The van der Waals surface area contributed by atoms with E-state index in [9.17, 15) is 10.1 Å². The Balaban J connectivity index is 2.17. The minimum atomic E-state index is -0.530. The molecule has 1 aromatic heterocycles. The summed E-state index contributed by atoms with van der Waals surface area (Å²) in [6, 6.07) is 0. The molecule has 1 aromatic rings. The summed E-state index contributed by atoms with van der Waals surface area (Å²) in [6.45, 7) is 4.50. The van der Waals surface area contributed by atoms with E-state index in [1.54, 1.807) is 0 Å². The second kappa shape index (κ2) is 8.60. The molecule has 24 heavy (non-hydrogen) atoms. The molecule has 0 radical (unpaired) electrons. The number of ether oxygens (including phenoxy) is 1. The zero-order valence-corrected chi connectivity index (χ0v) is 13.8. The molecule has 1 aliphatic rings. The van der Waals surface area contributed by atoms with Crippen molar-refractivity contribution in [3.8, 4) is 0 Å². The Hall–Kier alpha value is -2.20. The van der Waals surface area contributed by atoms with Crippen molar-refractivity contribution >= 4 is 23.3 Å². The van der Waals surface area contributed by atoms with Gasteiger partial charge in [-0.15, -0.1) is 0 Å². The minimum absolute atomic E-state index is 0.0434. The van der Waals surface area contributed by atoms with Gasteiger partial charge in [0.15, 0.2) is 0 Å². The number of nitro groups is 1. The monoisotopic (exact) mass is 340 g/mol. The Labute approximate surface area is 140 Å². The van der Waals surface area contributed by atoms with Gasteiger partial charge in [0.25, 0.3) is 0 Å². The van der Waals surface area contributed by atoms with Crippen LogP contribution in [0.15, 0.2) is 0 Å². The van der Waals surface area contributed by atoms with Crippen LogP contribution in [0.3, 0.4) is 0 Å². The normalized spacial score (nSPS) is 17.8. The van der Waals surface area contributed by atoms with E-state index >= 15 is 0 Å². The lowest BCUT2D eigenvalue weighted by Gasteiger charge is -2.31. The van der Waals surface area contributed by atoms with Crippen molar-refractivity contribution in [3.63, 3.8) is 0 Å². The average Bonchev–Trinajstić information content (AvgIpc) is 2.53. The Morgan fingerprint density at radius 3 is 2.96 bits per heavy atom. The third-order valence-corrected chi connectivity index (χ3v) is 3.80. The number of hydrogen-bond donors (Lipinski definition) is 3. The van der Waals surface area contributed by atoms with E-state index < -0.39 is 4.92 Å². The fourth-order valence-corrected chi connectivity index (χ4v) is 2.72. The van der Waals surface area contributed by atoms with Gasteiger partial charge in [-0.1, -0.05) is 6.92 Å². The molecule has 0 bridgehead atoms. The van der Waals surface area contributed by atoms with Crippen LogP contribution in [-0.4, -0.2) is 59.5 Å². The van der Waals surface area contributed by atoms with Crippen LogP contribution in [0.5, 0.6) is 0 Å². The summed E-state index contributed by atoms with van der Waals surface area (Å²) in [5, 5.41) is 23.0. The summed E-state index contributed by atoms with van der Waals surface area (Å²) in [6.07, 6.45) is 2.05. The molecule has 0 saturated carbocycles. The molecule has 10 nitrogen and oxygen atoms in total. The Kier molecular flexibility index (Phi) is 6.50. The van der Waals surface area contributed by atoms with Gasteiger partial charge in [-0.3, -0.25) is 10.1 Å². The molecule has 1 fully saturated rings. The molecule has 2 rings (SSSR count). The second-order valence-electron chi connectivity index (χ2n) is 5.82. The quantitative estimate of drug-likeness (QED) is 0.353. The first-order valence-corrected chi connectivity index (χ1v) is 8.02. The van der Waals surface area contributed by atoms with E-state index in [0.717, 1.165) is 12.8 Å². The molecule has 1 aliphatic heterocycles. The highest BCUT2D eigenvalue weighted by Gasteiger charge is 2.29. The highest BCUT2D eigenvalue weighted by atomic mass is 16.6. The van der Waals surface area contributed by atoms with Gasteiger partial charge in [-0.05, 0) is 18.8 Å². The molecular weight excluding hydrogens is 316 g/mol. The number of nitrogens with two attached hydrogens (primary N) is 1. The van der Waals surface area contributed by atoms with Gasteiger partial charge in [0.2, 0.25) is 17.6 Å². The van der Waals surface area contributed by atoms with Gasteiger partial charge >= 0.3 is 5.69 Å². The predicted molar refractivity (Wildman–Crippen MR) is 90.1 cm³/mol. The maximum Gasteiger partial charge on any atom is 0.353 e. The summed E-state index contributed by atoms with van der Waals surface area (Å²) in [5.41, 5.74) is 5.55. The van der Waals surface area contributed by atoms with E-state index in [2.05, 4.69) is 22.2 Å². The predicted octanol–water partition coefficient (Wildman–Crippen LogP) is 0.624. The van der Waals surface area contributed by atoms with Gasteiger partial charge in [0.1, 0.15) is 0 Å². The van der Waals surface area contributed by atoms with E-state index in [1.165, 1.54) is 0 Å². The number of rotatable bonds is 8. The third kappa shape index (κ3) is 4.65. The van der Waals surface area contributed by atoms with Crippen LogP contribution in [0.1, 0.15) is 19.8 Å². The Morgan fingerprint density at radius 2 is 2.29 bits per heavy atom. The summed E-state index contributed by atoms with van der Waals surface area (Å²) in [5.74, 6) is 0.789. The van der Waals surface area contributed by atoms with Crippen molar-refractivity contribution in [1.82, 2.24) is 9.97 Å². The largest absolute Gasteiger partial charge is 0.394 e. The standard InChI is InChI=1S/C14H24N6O4/c1-10-3-2-5-19(9-10)13-11(20(22)23)12(15)17-14(18-13)16-4-7-24-8-6-21/h10,21H,2-9H2,1H3,(H3,15,16,17,18). The molecule has 1 saturated heterocycles. The summed E-state index contributed by atoms with van der Waals surface area (Å²) in [7, 11) is 0. The number of anilines is 3. The van der Waals surface area contributed by atoms with Crippen LogP contribution < -0.4 is 16.0 Å². The van der Waals surface area contributed by atoms with E-state index in [0.29, 0.717) is 32.2 Å². The van der Waals surface area contributed by atoms with Crippen molar-refractivity contribution in [3.05, 3.63) is 10.1 Å². The lowest BCUT2D eigenvalue weighted by Crippen LogP contribution is -2.35. The lowest BCUT2D eigenvalue weighted by atomic mass is 10.0. The SMILES string of the molecule is CC1CCCN(c2nc(NCCOCCO)nc(N)c2[N+](=O)[O-])C1. The van der Waals surface area contributed by atoms with E-state index in [1.807, 2.05) is 4.90 Å². The number of piperidine rings is 1. The average molecular weight is 340 g/mol. The molecule has 10 heteroatoms. The number of aliphatic hydroxyl groups is 1. The summed E-state index contributed by atoms with van der Waals surface area (Å²) >= 11 is 0. The number of aliphatic hydroxyl groups excluding tert-OH is 1. The molecule has 4 N–H and O–H groups in total. The van der Waals surface area contributed by atoms with Crippen LogP contribution >= 0.6 is 0 Å². The maximum absolute atomic E-state index is 11.4. The maximum atomic E-state index is 11.4. The molecule has 2 heterocycles. The highest BCUT2D eigenvalue weighted by molar-refractivity contribution is 5.71. The van der Waals surface area contributed by atoms with Crippen LogP contribution in [0.2, 0.25) is 0 Å². The smallest absolute Gasteiger partial charge is 0.353 e. The van der Waals surface area contributed by atoms with Crippen molar-refractivity contribution in [1.29, 1.82) is 0 Å². The number of nitrogens with one attached hydrogen (secondary N) is 1. The van der Waals surface area contributed by atoms with Gasteiger partial charge in [0, 0.05) is 19.6 Å². The van der Waals surface area contributed by atoms with Crippen LogP contribution in [0, 0.1) is 16.0 Å². The molecule has 1 unspecified atom stereocenters. The van der Waals surface area contributed by atoms with Crippen LogP contribution in [0.4, 0.5) is 23.3 Å². The number of nitrogen functional groups attached to an aromatic ring is 1. The lowest BCUT2D eigenvalue weighted by molar-refractivity contribution is -0.383. The van der Waals surface area contributed by atoms with Crippen molar-refractivity contribution < 1.29 is 14.8 Å². The molecule has 0 spiro atoms.